The highest BCUT2D eigenvalue weighted by Gasteiger charge is 2.32. The number of nitrogens with zero attached hydrogens (tertiary/aromatic N) is 1. The molecule has 2 heterocycles. The Bertz CT molecular complexity index is 426. The van der Waals surface area contributed by atoms with E-state index in [-0.39, 0.29) is 18.1 Å². The highest BCUT2D eigenvalue weighted by molar-refractivity contribution is 5.77. The number of amides is 1. The predicted molar refractivity (Wildman–Crippen MR) is 71.9 cm³/mol. The molecular weight excluding hydrogens is 244 g/mol. The van der Waals surface area contributed by atoms with Crippen molar-refractivity contribution in [2.75, 3.05) is 26.2 Å². The molecule has 0 saturated carbocycles. The van der Waals surface area contributed by atoms with E-state index in [0.717, 1.165) is 31.6 Å². The molecule has 1 aromatic heterocycles. The summed E-state index contributed by atoms with van der Waals surface area (Å²) in [6, 6.07) is 0. The first kappa shape index (κ1) is 14.0. The monoisotopic (exact) mass is 266 g/mol. The van der Waals surface area contributed by atoms with E-state index in [0.29, 0.717) is 6.54 Å². The maximum Gasteiger partial charge on any atom is 0.246 e. The number of carbonyl (C=O) groups is 1. The average molecular weight is 266 g/mol. The van der Waals surface area contributed by atoms with Crippen molar-refractivity contribution >= 4 is 5.91 Å². The number of hydrogen-bond acceptors (Lipinski definition) is 4. The summed E-state index contributed by atoms with van der Waals surface area (Å²) in [6.45, 7) is 6.46. The summed E-state index contributed by atoms with van der Waals surface area (Å²) in [4.78, 5) is 11.6. The number of rotatable bonds is 7. The standard InChI is InChI=1S/C13H22N4O2/c1-10-11(6-16-17-10)4-3-5-15-12(18)7-19-13(2)8-14-9-13/h6,14H,3-5,7-9H2,1-2H3,(H,15,18)(H,16,17). The molecule has 0 atom stereocenters. The van der Waals surface area contributed by atoms with Crippen molar-refractivity contribution in [2.24, 2.45) is 0 Å². The number of aromatic amines is 1. The predicted octanol–water partition coefficient (Wildman–Crippen LogP) is 0.145. The highest BCUT2D eigenvalue weighted by atomic mass is 16.5. The normalized spacial score (nSPS) is 16.9. The summed E-state index contributed by atoms with van der Waals surface area (Å²) >= 11 is 0. The first-order valence-electron chi connectivity index (χ1n) is 6.69. The van der Waals surface area contributed by atoms with Crippen LogP contribution < -0.4 is 10.6 Å². The van der Waals surface area contributed by atoms with Gasteiger partial charge in [-0.05, 0) is 32.3 Å². The van der Waals surface area contributed by atoms with Crippen molar-refractivity contribution in [2.45, 2.75) is 32.3 Å². The third-order valence-corrected chi connectivity index (χ3v) is 3.43. The van der Waals surface area contributed by atoms with Crippen LogP contribution in [0.1, 0.15) is 24.6 Å². The number of carbonyl (C=O) groups excluding carboxylic acids is 1. The zero-order valence-electron chi connectivity index (χ0n) is 11.6. The fourth-order valence-electron chi connectivity index (χ4n) is 2.00. The van der Waals surface area contributed by atoms with Crippen LogP contribution in [-0.4, -0.2) is 47.9 Å². The van der Waals surface area contributed by atoms with Crippen LogP contribution >= 0.6 is 0 Å². The fraction of sp³-hybridized carbons (Fsp3) is 0.692. The van der Waals surface area contributed by atoms with Crippen LogP contribution in [0.4, 0.5) is 0 Å². The summed E-state index contributed by atoms with van der Waals surface area (Å²) in [5.41, 5.74) is 2.14. The number of nitrogens with one attached hydrogen (secondary N) is 3. The third-order valence-electron chi connectivity index (χ3n) is 3.43. The second-order valence-corrected chi connectivity index (χ2v) is 5.32. The minimum Gasteiger partial charge on any atom is -0.363 e. The molecule has 0 aliphatic carbocycles. The Morgan fingerprint density at radius 3 is 2.95 bits per heavy atom. The van der Waals surface area contributed by atoms with E-state index in [1.54, 1.807) is 0 Å². The van der Waals surface area contributed by atoms with Crippen LogP contribution in [0.5, 0.6) is 0 Å². The van der Waals surface area contributed by atoms with Crippen LogP contribution in [0.3, 0.4) is 0 Å². The van der Waals surface area contributed by atoms with E-state index in [2.05, 4.69) is 20.8 Å². The van der Waals surface area contributed by atoms with E-state index in [9.17, 15) is 4.79 Å². The fourth-order valence-corrected chi connectivity index (χ4v) is 2.00. The molecule has 0 bridgehead atoms. The van der Waals surface area contributed by atoms with Crippen LogP contribution in [0.25, 0.3) is 0 Å². The molecule has 1 fully saturated rings. The highest BCUT2D eigenvalue weighted by Crippen LogP contribution is 2.14. The molecule has 1 amide bonds. The molecule has 1 aromatic rings. The number of aryl methyl sites for hydroxylation is 2. The molecule has 0 unspecified atom stereocenters. The second kappa shape index (κ2) is 6.16. The van der Waals surface area contributed by atoms with Crippen molar-refractivity contribution in [1.82, 2.24) is 20.8 Å². The van der Waals surface area contributed by atoms with Crippen molar-refractivity contribution in [1.29, 1.82) is 0 Å². The summed E-state index contributed by atoms with van der Waals surface area (Å²) in [7, 11) is 0. The van der Waals surface area contributed by atoms with Crippen LogP contribution in [-0.2, 0) is 16.0 Å². The van der Waals surface area contributed by atoms with Gasteiger partial charge >= 0.3 is 0 Å². The SMILES string of the molecule is Cc1[nH]ncc1CCCNC(=O)COC1(C)CNC1. The van der Waals surface area contributed by atoms with Gasteiger partial charge in [-0.1, -0.05) is 0 Å². The van der Waals surface area contributed by atoms with E-state index in [4.69, 9.17) is 4.74 Å². The molecule has 106 valence electrons. The quantitative estimate of drug-likeness (QED) is 0.614. The molecule has 0 aromatic carbocycles. The minimum absolute atomic E-state index is 0.0444. The summed E-state index contributed by atoms with van der Waals surface area (Å²) in [5, 5.41) is 12.9. The Labute approximate surface area is 113 Å². The number of H-pyrrole nitrogens is 1. The summed E-state index contributed by atoms with van der Waals surface area (Å²) in [6.07, 6.45) is 3.67. The molecular formula is C13H22N4O2. The Kier molecular flexibility index (Phi) is 4.55. The van der Waals surface area contributed by atoms with Crippen molar-refractivity contribution in [3.63, 3.8) is 0 Å². The molecule has 1 aliphatic heterocycles. The molecule has 1 saturated heterocycles. The summed E-state index contributed by atoms with van der Waals surface area (Å²) in [5.74, 6) is -0.0444. The number of hydrogen-bond donors (Lipinski definition) is 3. The lowest BCUT2D eigenvalue weighted by atomic mass is 10.0. The Hall–Kier alpha value is -1.40. The van der Waals surface area contributed by atoms with Gasteiger partial charge in [0.1, 0.15) is 6.61 Å². The Balaban J connectivity index is 1.55. The van der Waals surface area contributed by atoms with Gasteiger partial charge in [0, 0.05) is 25.3 Å². The third kappa shape index (κ3) is 4.04. The van der Waals surface area contributed by atoms with Gasteiger partial charge in [0.15, 0.2) is 0 Å². The van der Waals surface area contributed by atoms with Gasteiger partial charge < -0.3 is 15.4 Å². The molecule has 3 N–H and O–H groups in total. The Morgan fingerprint density at radius 2 is 2.37 bits per heavy atom. The zero-order valence-corrected chi connectivity index (χ0v) is 11.6. The lowest BCUT2D eigenvalue weighted by Gasteiger charge is -2.38. The largest absolute Gasteiger partial charge is 0.363 e. The molecule has 6 nitrogen and oxygen atoms in total. The molecule has 2 rings (SSSR count). The van der Waals surface area contributed by atoms with Gasteiger partial charge in [-0.2, -0.15) is 5.10 Å². The van der Waals surface area contributed by atoms with E-state index < -0.39 is 0 Å². The molecule has 0 radical (unpaired) electrons. The molecule has 19 heavy (non-hydrogen) atoms. The number of ether oxygens (including phenoxy) is 1. The second-order valence-electron chi connectivity index (χ2n) is 5.32. The maximum absolute atomic E-state index is 11.6. The lowest BCUT2D eigenvalue weighted by Crippen LogP contribution is -2.59. The maximum atomic E-state index is 11.6. The van der Waals surface area contributed by atoms with E-state index in [1.807, 2.05) is 20.0 Å². The van der Waals surface area contributed by atoms with E-state index >= 15 is 0 Å². The molecule has 0 spiro atoms. The summed E-state index contributed by atoms with van der Waals surface area (Å²) < 4.78 is 5.56. The first-order valence-corrected chi connectivity index (χ1v) is 6.69. The van der Waals surface area contributed by atoms with Gasteiger partial charge in [0.25, 0.3) is 0 Å². The van der Waals surface area contributed by atoms with Gasteiger partial charge in [-0.25, -0.2) is 0 Å². The zero-order chi connectivity index (χ0) is 13.7. The van der Waals surface area contributed by atoms with E-state index in [1.165, 1.54) is 5.56 Å². The van der Waals surface area contributed by atoms with Gasteiger partial charge in [0.2, 0.25) is 5.91 Å². The number of aromatic nitrogens is 2. The average Bonchev–Trinajstić information content (AvgIpc) is 2.75. The van der Waals surface area contributed by atoms with Gasteiger partial charge in [-0.3, -0.25) is 9.89 Å². The lowest BCUT2D eigenvalue weighted by molar-refractivity contribution is -0.135. The van der Waals surface area contributed by atoms with Crippen LogP contribution in [0, 0.1) is 6.92 Å². The molecule has 1 aliphatic rings. The first-order chi connectivity index (χ1) is 9.09. The van der Waals surface area contributed by atoms with Crippen molar-refractivity contribution < 1.29 is 9.53 Å². The minimum atomic E-state index is -0.161. The van der Waals surface area contributed by atoms with Crippen molar-refractivity contribution in [3.05, 3.63) is 17.5 Å². The van der Waals surface area contributed by atoms with Crippen molar-refractivity contribution in [3.8, 4) is 0 Å². The smallest absolute Gasteiger partial charge is 0.246 e. The van der Waals surface area contributed by atoms with Gasteiger partial charge in [0.05, 0.1) is 11.8 Å². The van der Waals surface area contributed by atoms with Crippen LogP contribution in [0.15, 0.2) is 6.20 Å². The topological polar surface area (TPSA) is 79.0 Å². The van der Waals surface area contributed by atoms with Gasteiger partial charge in [-0.15, -0.1) is 0 Å². The van der Waals surface area contributed by atoms with Crippen LogP contribution in [0.2, 0.25) is 0 Å². The molecule has 6 heteroatoms. The Morgan fingerprint density at radius 1 is 1.58 bits per heavy atom.